The predicted octanol–water partition coefficient (Wildman–Crippen LogP) is 0.355. The van der Waals surface area contributed by atoms with Gasteiger partial charge in [-0.2, -0.15) is 0 Å². The van der Waals surface area contributed by atoms with Crippen LogP contribution in [-0.4, -0.2) is 52.7 Å². The number of nitrogens with zero attached hydrogens (tertiary/aromatic N) is 1. The van der Waals surface area contributed by atoms with Gasteiger partial charge in [0.1, 0.15) is 0 Å². The van der Waals surface area contributed by atoms with E-state index in [0.29, 0.717) is 5.75 Å². The van der Waals surface area contributed by atoms with Crippen molar-refractivity contribution >= 4 is 16.7 Å². The van der Waals surface area contributed by atoms with Crippen molar-refractivity contribution in [3.8, 4) is 0 Å². The van der Waals surface area contributed by atoms with Gasteiger partial charge in [0, 0.05) is 35.9 Å². The summed E-state index contributed by atoms with van der Waals surface area (Å²) in [5.74, 6) is 0.908. The fourth-order valence-electron chi connectivity index (χ4n) is 2.06. The maximum Gasteiger partial charge on any atom is 0.239 e. The number of carbonyl (C=O) groups is 1. The normalized spacial score (nSPS) is 23.5. The van der Waals surface area contributed by atoms with Crippen LogP contribution in [0.1, 0.15) is 26.2 Å². The summed E-state index contributed by atoms with van der Waals surface area (Å²) in [7, 11) is -0.747. The van der Waals surface area contributed by atoms with Crippen LogP contribution in [0.3, 0.4) is 0 Å². The zero-order chi connectivity index (χ0) is 12.0. The van der Waals surface area contributed by atoms with E-state index < -0.39 is 10.8 Å². The summed E-state index contributed by atoms with van der Waals surface area (Å²) < 4.78 is 10.9. The van der Waals surface area contributed by atoms with Crippen molar-refractivity contribution in [1.82, 2.24) is 10.2 Å². The number of likely N-dealkylation sites (tertiary alicyclic amines) is 1. The molecule has 0 radical (unpaired) electrons. The first-order valence-corrected chi connectivity index (χ1v) is 7.70. The first-order valence-electron chi connectivity index (χ1n) is 5.97. The van der Waals surface area contributed by atoms with Crippen molar-refractivity contribution in [2.24, 2.45) is 0 Å². The van der Waals surface area contributed by atoms with Gasteiger partial charge in [0.05, 0.1) is 6.04 Å². The molecule has 0 aromatic rings. The summed E-state index contributed by atoms with van der Waals surface area (Å²) >= 11 is 0. The molecule has 1 amide bonds. The molecule has 1 fully saturated rings. The number of nitrogens with one attached hydrogen (secondary N) is 1. The monoisotopic (exact) mass is 246 g/mol. The number of hydrogen-bond donors (Lipinski definition) is 1. The van der Waals surface area contributed by atoms with Gasteiger partial charge >= 0.3 is 0 Å². The summed E-state index contributed by atoms with van der Waals surface area (Å²) in [6.07, 6.45) is 4.56. The minimum Gasteiger partial charge on any atom is -0.341 e. The Bertz CT molecular complexity index is 256. The van der Waals surface area contributed by atoms with Gasteiger partial charge in [-0.15, -0.1) is 0 Å². The molecule has 1 heterocycles. The Kier molecular flexibility index (Phi) is 5.98. The number of carbonyl (C=O) groups excluding carboxylic acids is 1. The second kappa shape index (κ2) is 7.01. The van der Waals surface area contributed by atoms with E-state index in [1.165, 1.54) is 0 Å². The highest BCUT2D eigenvalue weighted by Gasteiger charge is 2.27. The van der Waals surface area contributed by atoms with Crippen LogP contribution in [0.4, 0.5) is 0 Å². The Labute approximate surface area is 100 Å². The molecule has 0 aromatic heterocycles. The number of amides is 1. The van der Waals surface area contributed by atoms with Crippen molar-refractivity contribution in [1.29, 1.82) is 0 Å². The van der Waals surface area contributed by atoms with Crippen molar-refractivity contribution in [2.45, 2.75) is 32.2 Å². The summed E-state index contributed by atoms with van der Waals surface area (Å²) in [6.45, 7) is 4.47. The minimum absolute atomic E-state index is 0.00544. The van der Waals surface area contributed by atoms with Gasteiger partial charge in [-0.3, -0.25) is 9.00 Å². The largest absolute Gasteiger partial charge is 0.341 e. The summed E-state index contributed by atoms with van der Waals surface area (Å²) in [6, 6.07) is 0.00544. The molecule has 0 saturated carbocycles. The summed E-state index contributed by atoms with van der Waals surface area (Å²) in [5, 5.41) is 3.21. The van der Waals surface area contributed by atoms with E-state index in [1.54, 1.807) is 6.26 Å². The topological polar surface area (TPSA) is 49.4 Å². The summed E-state index contributed by atoms with van der Waals surface area (Å²) in [4.78, 5) is 13.9. The molecule has 1 saturated heterocycles. The molecule has 1 rings (SSSR count). The maximum atomic E-state index is 12.0. The predicted molar refractivity (Wildman–Crippen MR) is 66.8 cm³/mol. The lowest BCUT2D eigenvalue weighted by Crippen LogP contribution is -2.50. The van der Waals surface area contributed by atoms with E-state index >= 15 is 0 Å². The van der Waals surface area contributed by atoms with Gasteiger partial charge in [0.15, 0.2) is 0 Å². The van der Waals surface area contributed by atoms with E-state index in [-0.39, 0.29) is 11.9 Å². The average Bonchev–Trinajstić information content (AvgIpc) is 2.23. The molecular weight excluding hydrogens is 224 g/mol. The van der Waals surface area contributed by atoms with Crippen molar-refractivity contribution in [3.05, 3.63) is 0 Å². The number of likely N-dealkylation sites (N-methyl/N-ethyl adjacent to an activating group) is 1. The minimum atomic E-state index is -0.747. The number of piperidine rings is 1. The lowest BCUT2D eigenvalue weighted by molar-refractivity contribution is -0.135. The van der Waals surface area contributed by atoms with Gasteiger partial charge in [-0.05, 0) is 25.8 Å². The lowest BCUT2D eigenvalue weighted by atomic mass is 10.0. The van der Waals surface area contributed by atoms with Crippen molar-refractivity contribution in [3.63, 3.8) is 0 Å². The van der Waals surface area contributed by atoms with Gasteiger partial charge in [0.25, 0.3) is 0 Å². The van der Waals surface area contributed by atoms with Crippen LogP contribution in [0.2, 0.25) is 0 Å². The molecule has 0 bridgehead atoms. The van der Waals surface area contributed by atoms with Gasteiger partial charge in [0.2, 0.25) is 5.91 Å². The quantitative estimate of drug-likeness (QED) is 0.736. The lowest BCUT2D eigenvalue weighted by Gasteiger charge is -2.32. The third kappa shape index (κ3) is 4.22. The smallest absolute Gasteiger partial charge is 0.239 e. The molecule has 4 nitrogen and oxygen atoms in total. The Morgan fingerprint density at radius 1 is 1.56 bits per heavy atom. The third-order valence-electron chi connectivity index (χ3n) is 2.84. The van der Waals surface area contributed by atoms with Crippen LogP contribution in [0.15, 0.2) is 0 Å². The Morgan fingerprint density at radius 3 is 2.94 bits per heavy atom. The first kappa shape index (κ1) is 13.6. The fourth-order valence-corrected chi connectivity index (χ4v) is 2.59. The molecule has 1 aliphatic rings. The van der Waals surface area contributed by atoms with Gasteiger partial charge in [-0.25, -0.2) is 0 Å². The second-order valence-corrected chi connectivity index (χ2v) is 5.76. The molecule has 2 unspecified atom stereocenters. The summed E-state index contributed by atoms with van der Waals surface area (Å²) in [5.41, 5.74) is 0. The molecule has 1 N–H and O–H groups in total. The van der Waals surface area contributed by atoms with Crippen LogP contribution in [0.5, 0.6) is 0 Å². The standard InChI is InChI=1S/C11H22N2O2S/c1-3-12-10-6-4-7-13(11(10)14)8-5-9-16(2)15/h10,12H,3-9H2,1-2H3. The Hall–Kier alpha value is -0.420. The molecule has 0 aliphatic carbocycles. The van der Waals surface area contributed by atoms with Gasteiger partial charge in [-0.1, -0.05) is 6.92 Å². The average molecular weight is 246 g/mol. The van der Waals surface area contributed by atoms with Crippen molar-refractivity contribution in [2.75, 3.05) is 31.6 Å². The van der Waals surface area contributed by atoms with Crippen molar-refractivity contribution < 1.29 is 9.00 Å². The SMILES string of the molecule is CCNC1CCCN(CCCS(C)=O)C1=O. The molecule has 1 aliphatic heterocycles. The third-order valence-corrected chi connectivity index (χ3v) is 3.70. The van der Waals surface area contributed by atoms with Crippen LogP contribution in [-0.2, 0) is 15.6 Å². The molecule has 94 valence electrons. The van der Waals surface area contributed by atoms with Crippen LogP contribution >= 0.6 is 0 Å². The Morgan fingerprint density at radius 2 is 2.31 bits per heavy atom. The maximum absolute atomic E-state index is 12.0. The molecular formula is C11H22N2O2S. The molecule has 5 heteroatoms. The Balaban J connectivity index is 2.35. The van der Waals surface area contributed by atoms with E-state index in [4.69, 9.17) is 0 Å². The zero-order valence-corrected chi connectivity index (χ0v) is 11.0. The van der Waals surface area contributed by atoms with E-state index in [9.17, 15) is 9.00 Å². The fraction of sp³-hybridized carbons (Fsp3) is 0.909. The van der Waals surface area contributed by atoms with Crippen LogP contribution in [0.25, 0.3) is 0 Å². The first-order chi connectivity index (χ1) is 7.65. The molecule has 0 aromatic carbocycles. The molecule has 2 atom stereocenters. The molecule has 0 spiro atoms. The highest BCUT2D eigenvalue weighted by atomic mass is 32.2. The van der Waals surface area contributed by atoms with Gasteiger partial charge < -0.3 is 10.2 Å². The van der Waals surface area contributed by atoms with E-state index in [1.807, 2.05) is 11.8 Å². The highest BCUT2D eigenvalue weighted by molar-refractivity contribution is 7.84. The number of rotatable bonds is 6. The number of hydrogen-bond acceptors (Lipinski definition) is 3. The van der Waals surface area contributed by atoms with E-state index in [2.05, 4.69) is 5.32 Å². The van der Waals surface area contributed by atoms with E-state index in [0.717, 1.165) is 38.9 Å². The van der Waals surface area contributed by atoms with Crippen LogP contribution in [0, 0.1) is 0 Å². The zero-order valence-electron chi connectivity index (χ0n) is 10.2. The highest BCUT2D eigenvalue weighted by Crippen LogP contribution is 2.12. The molecule has 16 heavy (non-hydrogen) atoms. The second-order valence-electron chi connectivity index (χ2n) is 4.21. The van der Waals surface area contributed by atoms with Crippen LogP contribution < -0.4 is 5.32 Å².